The molecule has 7 nitrogen and oxygen atoms in total. The summed E-state index contributed by atoms with van der Waals surface area (Å²) in [5.41, 5.74) is 6.73. The van der Waals surface area contributed by atoms with E-state index < -0.39 is 4.92 Å². The maximum Gasteiger partial charge on any atom is 0.269 e. The Labute approximate surface area is 146 Å². The number of hydrogen-bond acceptors (Lipinski definition) is 6. The van der Waals surface area contributed by atoms with E-state index in [2.05, 4.69) is 10.2 Å². The van der Waals surface area contributed by atoms with Gasteiger partial charge in [0.2, 0.25) is 0 Å². The highest BCUT2D eigenvalue weighted by Gasteiger charge is 2.03. The molecule has 0 heterocycles. The van der Waals surface area contributed by atoms with Crippen molar-refractivity contribution in [2.24, 2.45) is 16.0 Å². The summed E-state index contributed by atoms with van der Waals surface area (Å²) < 4.78 is 5.67. The Hall–Kier alpha value is -2.80. The van der Waals surface area contributed by atoms with Gasteiger partial charge in [0, 0.05) is 12.1 Å². The monoisotopic (exact) mass is 342 g/mol. The maximum atomic E-state index is 10.6. The molecule has 0 aliphatic rings. The number of azo groups is 1. The normalized spacial score (nSPS) is 10.9. The molecular formula is C18H22N4O3. The third kappa shape index (κ3) is 6.68. The van der Waals surface area contributed by atoms with Gasteiger partial charge in [0.25, 0.3) is 5.69 Å². The van der Waals surface area contributed by atoms with Crippen LogP contribution in [0.2, 0.25) is 0 Å². The number of non-ortho nitro benzene ring substituents is 1. The van der Waals surface area contributed by atoms with Crippen molar-refractivity contribution >= 4 is 17.1 Å². The van der Waals surface area contributed by atoms with Crippen LogP contribution in [0.1, 0.15) is 25.7 Å². The van der Waals surface area contributed by atoms with Gasteiger partial charge in [0.05, 0.1) is 22.9 Å². The fourth-order valence-electron chi connectivity index (χ4n) is 2.16. The molecule has 0 spiro atoms. The summed E-state index contributed by atoms with van der Waals surface area (Å²) in [6.45, 7) is 1.44. The van der Waals surface area contributed by atoms with E-state index in [9.17, 15) is 10.1 Å². The van der Waals surface area contributed by atoms with Crippen molar-refractivity contribution in [3.05, 3.63) is 58.6 Å². The lowest BCUT2D eigenvalue weighted by atomic mass is 10.2. The number of rotatable bonds is 10. The van der Waals surface area contributed by atoms with Crippen LogP contribution in [0.15, 0.2) is 58.8 Å². The largest absolute Gasteiger partial charge is 0.494 e. The highest BCUT2D eigenvalue weighted by atomic mass is 16.6. The summed E-state index contributed by atoms with van der Waals surface area (Å²) in [4.78, 5) is 10.2. The predicted octanol–water partition coefficient (Wildman–Crippen LogP) is 4.91. The average molecular weight is 342 g/mol. The molecule has 0 saturated heterocycles. The van der Waals surface area contributed by atoms with Crippen molar-refractivity contribution in [1.29, 1.82) is 0 Å². The Bertz CT molecular complexity index is 684. The van der Waals surface area contributed by atoms with E-state index in [-0.39, 0.29) is 5.69 Å². The zero-order valence-corrected chi connectivity index (χ0v) is 14.0. The zero-order valence-electron chi connectivity index (χ0n) is 14.0. The summed E-state index contributed by atoms with van der Waals surface area (Å²) in [7, 11) is 0. The molecule has 0 bridgehead atoms. The fraction of sp³-hybridized carbons (Fsp3) is 0.333. The van der Waals surface area contributed by atoms with Crippen LogP contribution in [0, 0.1) is 10.1 Å². The smallest absolute Gasteiger partial charge is 0.269 e. The molecule has 2 aromatic carbocycles. The lowest BCUT2D eigenvalue weighted by molar-refractivity contribution is -0.384. The summed E-state index contributed by atoms with van der Waals surface area (Å²) in [6, 6.07) is 13.3. The number of ether oxygens (including phenoxy) is 1. The molecule has 0 aromatic heterocycles. The molecule has 0 saturated carbocycles. The SMILES string of the molecule is NCCCCCCOc1ccc(N=Nc2ccc([N+](=O)[O-])cc2)cc1. The summed E-state index contributed by atoms with van der Waals surface area (Å²) in [6.07, 6.45) is 4.34. The Morgan fingerprint density at radius 2 is 1.44 bits per heavy atom. The highest BCUT2D eigenvalue weighted by molar-refractivity contribution is 5.45. The van der Waals surface area contributed by atoms with Gasteiger partial charge < -0.3 is 10.5 Å². The van der Waals surface area contributed by atoms with Crippen LogP contribution in [0.4, 0.5) is 17.1 Å². The van der Waals surface area contributed by atoms with Gasteiger partial charge in [-0.15, -0.1) is 0 Å². The second-order valence-electron chi connectivity index (χ2n) is 5.52. The Morgan fingerprint density at radius 1 is 0.880 bits per heavy atom. The Balaban J connectivity index is 1.80. The summed E-state index contributed by atoms with van der Waals surface area (Å²) in [5.74, 6) is 0.799. The molecule has 25 heavy (non-hydrogen) atoms. The molecule has 2 N–H and O–H groups in total. The summed E-state index contributed by atoms with van der Waals surface area (Å²) in [5, 5.41) is 18.8. The molecule has 2 aromatic rings. The van der Waals surface area contributed by atoms with Gasteiger partial charge in [0.1, 0.15) is 5.75 Å². The van der Waals surface area contributed by atoms with Gasteiger partial charge >= 0.3 is 0 Å². The number of nitrogens with two attached hydrogens (primary N) is 1. The number of nitro benzene ring substituents is 1. The van der Waals surface area contributed by atoms with E-state index in [1.165, 1.54) is 12.1 Å². The average Bonchev–Trinajstić information content (AvgIpc) is 2.64. The second-order valence-corrected chi connectivity index (χ2v) is 5.52. The van der Waals surface area contributed by atoms with E-state index in [1.807, 2.05) is 24.3 Å². The van der Waals surface area contributed by atoms with Crippen LogP contribution in [0.5, 0.6) is 5.75 Å². The Morgan fingerprint density at radius 3 is 2.00 bits per heavy atom. The first-order chi connectivity index (χ1) is 12.2. The molecule has 0 atom stereocenters. The number of hydrogen-bond donors (Lipinski definition) is 1. The number of nitrogens with zero attached hydrogens (tertiary/aromatic N) is 3. The van der Waals surface area contributed by atoms with E-state index in [4.69, 9.17) is 10.5 Å². The van der Waals surface area contributed by atoms with E-state index in [0.717, 1.165) is 38.0 Å². The van der Waals surface area contributed by atoms with Crippen molar-refractivity contribution in [1.82, 2.24) is 0 Å². The van der Waals surface area contributed by atoms with E-state index in [1.54, 1.807) is 12.1 Å². The molecular weight excluding hydrogens is 320 g/mol. The van der Waals surface area contributed by atoms with Gasteiger partial charge in [-0.05, 0) is 55.8 Å². The molecule has 132 valence electrons. The van der Waals surface area contributed by atoms with Crippen LogP contribution in [0.25, 0.3) is 0 Å². The lowest BCUT2D eigenvalue weighted by Gasteiger charge is -2.05. The molecule has 0 amide bonds. The van der Waals surface area contributed by atoms with Crippen LogP contribution in [-0.2, 0) is 0 Å². The summed E-state index contributed by atoms with van der Waals surface area (Å²) >= 11 is 0. The van der Waals surface area contributed by atoms with Crippen LogP contribution in [-0.4, -0.2) is 18.1 Å². The maximum absolute atomic E-state index is 10.6. The zero-order chi connectivity index (χ0) is 17.9. The van der Waals surface area contributed by atoms with E-state index in [0.29, 0.717) is 18.0 Å². The minimum Gasteiger partial charge on any atom is -0.494 e. The second kappa shape index (κ2) is 10.1. The van der Waals surface area contributed by atoms with E-state index >= 15 is 0 Å². The fourth-order valence-corrected chi connectivity index (χ4v) is 2.16. The minimum absolute atomic E-state index is 0.0310. The van der Waals surface area contributed by atoms with Gasteiger partial charge in [-0.3, -0.25) is 10.1 Å². The highest BCUT2D eigenvalue weighted by Crippen LogP contribution is 2.23. The lowest BCUT2D eigenvalue weighted by Crippen LogP contribution is -2.00. The molecule has 7 heteroatoms. The molecule has 0 aliphatic carbocycles. The minimum atomic E-state index is -0.447. The predicted molar refractivity (Wildman–Crippen MR) is 96.7 cm³/mol. The molecule has 0 fully saturated rings. The number of nitro groups is 1. The molecule has 0 radical (unpaired) electrons. The third-order valence-corrected chi connectivity index (χ3v) is 3.55. The number of benzene rings is 2. The third-order valence-electron chi connectivity index (χ3n) is 3.55. The van der Waals surface area contributed by atoms with Crippen molar-refractivity contribution in [2.75, 3.05) is 13.2 Å². The van der Waals surface area contributed by atoms with Gasteiger partial charge in [0.15, 0.2) is 0 Å². The van der Waals surface area contributed by atoms with Crippen LogP contribution >= 0.6 is 0 Å². The number of unbranched alkanes of at least 4 members (excludes halogenated alkanes) is 3. The quantitative estimate of drug-likeness (QED) is 0.287. The van der Waals surface area contributed by atoms with Gasteiger partial charge in [-0.1, -0.05) is 12.8 Å². The topological polar surface area (TPSA) is 103 Å². The molecule has 0 unspecified atom stereocenters. The van der Waals surface area contributed by atoms with Crippen molar-refractivity contribution in [3.63, 3.8) is 0 Å². The standard InChI is InChI=1S/C18H22N4O3/c19-13-3-1-2-4-14-25-18-11-7-16(8-12-18)21-20-15-5-9-17(10-6-15)22(23)24/h5-12H,1-4,13-14,19H2. The first-order valence-electron chi connectivity index (χ1n) is 8.28. The van der Waals surface area contributed by atoms with Crippen LogP contribution < -0.4 is 10.5 Å². The van der Waals surface area contributed by atoms with Gasteiger partial charge in [-0.2, -0.15) is 10.2 Å². The first-order valence-corrected chi connectivity index (χ1v) is 8.28. The van der Waals surface area contributed by atoms with Crippen molar-refractivity contribution in [2.45, 2.75) is 25.7 Å². The molecule has 0 aliphatic heterocycles. The molecule has 2 rings (SSSR count). The van der Waals surface area contributed by atoms with Crippen LogP contribution in [0.3, 0.4) is 0 Å². The Kier molecular flexibility index (Phi) is 7.52. The first kappa shape index (κ1) is 18.5. The van der Waals surface area contributed by atoms with Crippen molar-refractivity contribution in [3.8, 4) is 5.75 Å². The van der Waals surface area contributed by atoms with Crippen molar-refractivity contribution < 1.29 is 9.66 Å². The van der Waals surface area contributed by atoms with Gasteiger partial charge in [-0.25, -0.2) is 0 Å².